The summed E-state index contributed by atoms with van der Waals surface area (Å²) in [5.41, 5.74) is 2.63. The molecule has 0 radical (unpaired) electrons. The van der Waals surface area contributed by atoms with Crippen molar-refractivity contribution in [2.45, 2.75) is 70.4 Å². The highest BCUT2D eigenvalue weighted by Gasteiger charge is 2.38. The molecule has 48 heavy (non-hydrogen) atoms. The van der Waals surface area contributed by atoms with E-state index in [-0.39, 0.29) is 18.0 Å². The molecule has 0 aliphatic carbocycles. The maximum absolute atomic E-state index is 14.6. The number of benzene rings is 3. The minimum Gasteiger partial charge on any atom is -0.444 e. The van der Waals surface area contributed by atoms with Gasteiger partial charge in [-0.05, 0) is 57.7 Å². The third-order valence-corrected chi connectivity index (χ3v) is 9.15. The van der Waals surface area contributed by atoms with Gasteiger partial charge in [-0.1, -0.05) is 91.0 Å². The molecule has 2 aliphatic heterocycles. The van der Waals surface area contributed by atoms with E-state index >= 15 is 0 Å². The SMILES string of the molecule is CC(C)(C)OC(=O)N1CCN(C(=O)c2ncn(CC3(O)CCCN(Cc4ccccc4)C3)c2-c2ccccc2)[C@H](Cc2ccccc2)C1. The Morgan fingerprint density at radius 1 is 0.896 bits per heavy atom. The molecule has 9 nitrogen and oxygen atoms in total. The van der Waals surface area contributed by atoms with Gasteiger partial charge in [0.25, 0.3) is 5.91 Å². The normalized spacial score (nSPS) is 20.5. The number of carbonyl (C=O) groups excluding carboxylic acids is 2. The molecule has 4 aromatic rings. The number of imidazole rings is 1. The van der Waals surface area contributed by atoms with Crippen LogP contribution < -0.4 is 0 Å². The molecule has 2 aliphatic rings. The standard InChI is InChI=1S/C39H47N5O4/c1-38(2,3)48-37(46)42-22-23-44(33(26-42)24-30-14-7-4-8-15-30)36(45)34-35(32-18-11-6-12-19-32)43(29-40-34)28-39(47)20-13-21-41(27-39)25-31-16-9-5-10-17-31/h4-12,14-19,29,33,47H,13,20-28H2,1-3H3/t33-,39?/m1/s1. The monoisotopic (exact) mass is 649 g/mol. The molecule has 0 spiro atoms. The summed E-state index contributed by atoms with van der Waals surface area (Å²) < 4.78 is 7.66. The number of ether oxygens (including phenoxy) is 1. The third-order valence-electron chi connectivity index (χ3n) is 9.15. The molecule has 2 saturated heterocycles. The van der Waals surface area contributed by atoms with Gasteiger partial charge in [0.2, 0.25) is 0 Å². The molecule has 0 bridgehead atoms. The second kappa shape index (κ2) is 14.3. The van der Waals surface area contributed by atoms with E-state index in [1.165, 1.54) is 5.56 Å². The van der Waals surface area contributed by atoms with Crippen LogP contribution in [0.25, 0.3) is 11.3 Å². The molecule has 1 N–H and O–H groups in total. The second-order valence-corrected chi connectivity index (χ2v) is 14.2. The van der Waals surface area contributed by atoms with Crippen LogP contribution in [0.15, 0.2) is 97.3 Å². The van der Waals surface area contributed by atoms with Crippen molar-refractivity contribution in [2.24, 2.45) is 0 Å². The Kier molecular flexibility index (Phi) is 9.99. The van der Waals surface area contributed by atoms with Crippen LogP contribution in [0.4, 0.5) is 4.79 Å². The Morgan fingerprint density at radius 2 is 1.54 bits per heavy atom. The predicted octanol–water partition coefficient (Wildman–Crippen LogP) is 5.88. The van der Waals surface area contributed by atoms with Gasteiger partial charge in [0.1, 0.15) is 5.60 Å². The zero-order valence-corrected chi connectivity index (χ0v) is 28.3. The molecular formula is C39H47N5O4. The van der Waals surface area contributed by atoms with Crippen LogP contribution in [0, 0.1) is 0 Å². The molecule has 2 fully saturated rings. The summed E-state index contributed by atoms with van der Waals surface area (Å²) in [7, 11) is 0. The molecule has 2 amide bonds. The number of carbonyl (C=O) groups is 2. The second-order valence-electron chi connectivity index (χ2n) is 14.2. The number of hydrogen-bond acceptors (Lipinski definition) is 6. The van der Waals surface area contributed by atoms with Gasteiger partial charge in [0.15, 0.2) is 5.69 Å². The van der Waals surface area contributed by atoms with Crippen LogP contribution in [0.1, 0.15) is 55.2 Å². The van der Waals surface area contributed by atoms with Crippen molar-refractivity contribution in [1.29, 1.82) is 0 Å². The first-order valence-electron chi connectivity index (χ1n) is 17.0. The first-order chi connectivity index (χ1) is 23.1. The van der Waals surface area contributed by atoms with Crippen LogP contribution in [-0.2, 0) is 24.2 Å². The fourth-order valence-electron chi connectivity index (χ4n) is 7.00. The van der Waals surface area contributed by atoms with Crippen molar-refractivity contribution in [2.75, 3.05) is 32.7 Å². The third kappa shape index (κ3) is 8.14. The first kappa shape index (κ1) is 33.4. The number of rotatable bonds is 8. The molecule has 6 rings (SSSR count). The number of piperazine rings is 1. The molecular weight excluding hydrogens is 602 g/mol. The van der Waals surface area contributed by atoms with Gasteiger partial charge in [-0.15, -0.1) is 0 Å². The molecule has 9 heteroatoms. The number of aliphatic hydroxyl groups is 1. The van der Waals surface area contributed by atoms with Gasteiger partial charge < -0.3 is 24.2 Å². The van der Waals surface area contributed by atoms with E-state index in [0.717, 1.165) is 30.6 Å². The fourth-order valence-corrected chi connectivity index (χ4v) is 7.00. The summed E-state index contributed by atoms with van der Waals surface area (Å²) in [5.74, 6) is -0.182. The summed E-state index contributed by atoms with van der Waals surface area (Å²) in [4.78, 5) is 38.3. The molecule has 2 atom stereocenters. The van der Waals surface area contributed by atoms with Crippen molar-refractivity contribution >= 4 is 12.0 Å². The zero-order valence-electron chi connectivity index (χ0n) is 28.3. The van der Waals surface area contributed by atoms with Gasteiger partial charge in [0.05, 0.1) is 30.2 Å². The molecule has 3 aromatic carbocycles. The van der Waals surface area contributed by atoms with Gasteiger partial charge in [0, 0.05) is 38.3 Å². The van der Waals surface area contributed by atoms with E-state index in [0.29, 0.717) is 57.0 Å². The van der Waals surface area contributed by atoms with Crippen LogP contribution in [0.3, 0.4) is 0 Å². The largest absolute Gasteiger partial charge is 0.444 e. The number of nitrogens with zero attached hydrogens (tertiary/aromatic N) is 5. The average molecular weight is 650 g/mol. The Hall–Kier alpha value is -4.47. The Labute approximate surface area is 283 Å². The number of likely N-dealkylation sites (tertiary alicyclic amines) is 1. The lowest BCUT2D eigenvalue weighted by atomic mass is 9.92. The highest BCUT2D eigenvalue weighted by Crippen LogP contribution is 2.31. The van der Waals surface area contributed by atoms with E-state index < -0.39 is 11.2 Å². The van der Waals surface area contributed by atoms with E-state index in [1.54, 1.807) is 11.2 Å². The number of aromatic nitrogens is 2. The van der Waals surface area contributed by atoms with Crippen LogP contribution >= 0.6 is 0 Å². The summed E-state index contributed by atoms with van der Waals surface area (Å²) in [6, 6.07) is 29.9. The van der Waals surface area contributed by atoms with Crippen molar-refractivity contribution in [3.8, 4) is 11.3 Å². The lowest BCUT2D eigenvalue weighted by Crippen LogP contribution is -2.58. The summed E-state index contributed by atoms with van der Waals surface area (Å²) in [6.45, 7) is 9.21. The number of amides is 2. The van der Waals surface area contributed by atoms with Gasteiger partial charge in [-0.25, -0.2) is 9.78 Å². The highest BCUT2D eigenvalue weighted by atomic mass is 16.6. The minimum atomic E-state index is -0.980. The minimum absolute atomic E-state index is 0.182. The molecule has 252 valence electrons. The van der Waals surface area contributed by atoms with Crippen molar-refractivity contribution in [3.05, 3.63) is 114 Å². The maximum Gasteiger partial charge on any atom is 0.410 e. The maximum atomic E-state index is 14.6. The lowest BCUT2D eigenvalue weighted by Gasteiger charge is -2.41. The number of hydrogen-bond donors (Lipinski definition) is 1. The smallest absolute Gasteiger partial charge is 0.410 e. The molecule has 1 aromatic heterocycles. The summed E-state index contributed by atoms with van der Waals surface area (Å²) in [6.07, 6.45) is 3.47. The van der Waals surface area contributed by atoms with Crippen molar-refractivity contribution in [3.63, 3.8) is 0 Å². The van der Waals surface area contributed by atoms with Crippen LogP contribution in [-0.4, -0.2) is 91.3 Å². The van der Waals surface area contributed by atoms with Crippen LogP contribution in [0.2, 0.25) is 0 Å². The Morgan fingerprint density at radius 3 is 2.21 bits per heavy atom. The van der Waals surface area contributed by atoms with Gasteiger partial charge in [-0.2, -0.15) is 0 Å². The predicted molar refractivity (Wildman–Crippen MR) is 186 cm³/mol. The number of piperidine rings is 1. The van der Waals surface area contributed by atoms with Crippen molar-refractivity contribution in [1.82, 2.24) is 24.3 Å². The lowest BCUT2D eigenvalue weighted by molar-refractivity contribution is -0.0451. The summed E-state index contributed by atoms with van der Waals surface area (Å²) in [5, 5.41) is 12.0. The zero-order chi connectivity index (χ0) is 33.7. The molecule has 3 heterocycles. The Bertz CT molecular complexity index is 1670. The molecule has 1 unspecified atom stereocenters. The topological polar surface area (TPSA) is 91.1 Å². The van der Waals surface area contributed by atoms with E-state index in [4.69, 9.17) is 9.72 Å². The Balaban J connectivity index is 1.28. The van der Waals surface area contributed by atoms with Gasteiger partial charge in [-0.3, -0.25) is 9.69 Å². The fraction of sp³-hybridized carbons (Fsp3) is 0.410. The highest BCUT2D eigenvalue weighted by molar-refractivity contribution is 5.98. The van der Waals surface area contributed by atoms with Crippen molar-refractivity contribution < 1.29 is 19.4 Å². The number of β-amino-alcohol motifs (C(OH)–C–C–N with tert-alkyl or cyclic N) is 1. The average Bonchev–Trinajstić information content (AvgIpc) is 3.47. The first-order valence-corrected chi connectivity index (χ1v) is 17.0. The summed E-state index contributed by atoms with van der Waals surface area (Å²) >= 11 is 0. The van der Waals surface area contributed by atoms with E-state index in [2.05, 4.69) is 17.0 Å². The van der Waals surface area contributed by atoms with E-state index in [1.807, 2.05) is 109 Å². The quantitative estimate of drug-likeness (QED) is 0.256. The van der Waals surface area contributed by atoms with Crippen LogP contribution in [0.5, 0.6) is 0 Å². The van der Waals surface area contributed by atoms with Gasteiger partial charge >= 0.3 is 6.09 Å². The molecule has 0 saturated carbocycles. The van der Waals surface area contributed by atoms with E-state index in [9.17, 15) is 14.7 Å².